The lowest BCUT2D eigenvalue weighted by Gasteiger charge is -2.21. The molecule has 2 aliphatic rings. The van der Waals surface area contributed by atoms with Gasteiger partial charge >= 0.3 is 5.97 Å². The van der Waals surface area contributed by atoms with Crippen molar-refractivity contribution in [2.75, 3.05) is 18.1 Å². The number of ether oxygens (including phenoxy) is 1. The van der Waals surface area contributed by atoms with Gasteiger partial charge in [-0.2, -0.15) is 0 Å². The predicted octanol–water partition coefficient (Wildman–Crippen LogP) is 1.54. The topological polar surface area (TPSA) is 29.5 Å². The van der Waals surface area contributed by atoms with Crippen LogP contribution in [0.4, 0.5) is 5.69 Å². The van der Waals surface area contributed by atoms with Gasteiger partial charge in [-0.25, -0.2) is 4.79 Å². The summed E-state index contributed by atoms with van der Waals surface area (Å²) < 4.78 is 5.13. The van der Waals surface area contributed by atoms with Gasteiger partial charge in [-0.15, -0.1) is 0 Å². The molecule has 0 radical (unpaired) electrons. The van der Waals surface area contributed by atoms with Crippen molar-refractivity contribution in [3.63, 3.8) is 0 Å². The van der Waals surface area contributed by atoms with Crippen LogP contribution in [0.5, 0.6) is 0 Å². The molecule has 1 atom stereocenters. The number of carbonyl (C=O) groups excluding carboxylic acids is 1. The lowest BCUT2D eigenvalue weighted by atomic mass is 10.1. The number of carbonyl (C=O) groups is 1. The Morgan fingerprint density at radius 1 is 1.50 bits per heavy atom. The van der Waals surface area contributed by atoms with E-state index in [1.54, 1.807) is 0 Å². The molecular formula is C13H15NO2. The quantitative estimate of drug-likeness (QED) is 0.704. The highest BCUT2D eigenvalue weighted by atomic mass is 16.5. The Morgan fingerprint density at radius 2 is 2.31 bits per heavy atom. The number of benzene rings is 1. The highest BCUT2D eigenvalue weighted by Gasteiger charge is 2.39. The van der Waals surface area contributed by atoms with Crippen molar-refractivity contribution in [1.82, 2.24) is 0 Å². The normalized spacial score (nSPS) is 21.1. The maximum atomic E-state index is 11.8. The van der Waals surface area contributed by atoms with Gasteiger partial charge in [0.1, 0.15) is 6.04 Å². The molecule has 3 rings (SSSR count). The fourth-order valence-corrected chi connectivity index (χ4v) is 2.81. The summed E-state index contributed by atoms with van der Waals surface area (Å²) in [5.41, 5.74) is 3.97. The van der Waals surface area contributed by atoms with Crippen molar-refractivity contribution in [1.29, 1.82) is 0 Å². The summed E-state index contributed by atoms with van der Waals surface area (Å²) in [7, 11) is 0. The number of hydrogen-bond donors (Lipinski definition) is 0. The van der Waals surface area contributed by atoms with Gasteiger partial charge in [0, 0.05) is 18.7 Å². The number of esters is 1. The van der Waals surface area contributed by atoms with Crippen molar-refractivity contribution < 1.29 is 9.53 Å². The molecule has 3 heteroatoms. The molecule has 84 valence electrons. The van der Waals surface area contributed by atoms with Crippen LogP contribution in [-0.4, -0.2) is 25.2 Å². The average Bonchev–Trinajstić information content (AvgIpc) is 2.86. The minimum atomic E-state index is -0.0846. The van der Waals surface area contributed by atoms with Crippen LogP contribution < -0.4 is 4.90 Å². The Morgan fingerprint density at radius 3 is 3.12 bits per heavy atom. The number of nitrogens with zero attached hydrogens (tertiary/aromatic N) is 1. The molecule has 0 spiro atoms. The van der Waals surface area contributed by atoms with Crippen molar-refractivity contribution in [3.05, 3.63) is 29.3 Å². The van der Waals surface area contributed by atoms with E-state index in [4.69, 9.17) is 4.74 Å². The van der Waals surface area contributed by atoms with Crippen LogP contribution in [0.2, 0.25) is 0 Å². The maximum Gasteiger partial charge on any atom is 0.329 e. The highest BCUT2D eigenvalue weighted by Crippen LogP contribution is 2.40. The third-order valence-electron chi connectivity index (χ3n) is 3.46. The van der Waals surface area contributed by atoms with Crippen molar-refractivity contribution in [3.8, 4) is 0 Å². The van der Waals surface area contributed by atoms with E-state index < -0.39 is 0 Å². The summed E-state index contributed by atoms with van der Waals surface area (Å²) in [6.45, 7) is 3.28. The third-order valence-corrected chi connectivity index (χ3v) is 3.46. The fraction of sp³-hybridized carbons (Fsp3) is 0.462. The zero-order chi connectivity index (χ0) is 11.1. The lowest BCUT2D eigenvalue weighted by Crippen LogP contribution is -2.39. The van der Waals surface area contributed by atoms with Crippen LogP contribution in [0.15, 0.2) is 18.2 Å². The maximum absolute atomic E-state index is 11.8. The summed E-state index contributed by atoms with van der Waals surface area (Å²) in [5, 5.41) is 0. The number of para-hydroxylation sites is 1. The number of hydrogen-bond acceptors (Lipinski definition) is 3. The van der Waals surface area contributed by atoms with E-state index in [1.165, 1.54) is 16.8 Å². The number of anilines is 1. The second kappa shape index (κ2) is 3.51. The molecule has 1 aromatic carbocycles. The molecule has 0 bridgehead atoms. The van der Waals surface area contributed by atoms with Gasteiger partial charge in [-0.3, -0.25) is 0 Å². The van der Waals surface area contributed by atoms with E-state index in [0.717, 1.165) is 19.4 Å². The zero-order valence-corrected chi connectivity index (χ0v) is 9.40. The first kappa shape index (κ1) is 9.70. The van der Waals surface area contributed by atoms with Gasteiger partial charge in [-0.05, 0) is 24.5 Å². The van der Waals surface area contributed by atoms with Crippen LogP contribution in [0.3, 0.4) is 0 Å². The van der Waals surface area contributed by atoms with Crippen LogP contribution in [-0.2, 0) is 22.4 Å². The predicted molar refractivity (Wildman–Crippen MR) is 61.6 cm³/mol. The smallest absolute Gasteiger partial charge is 0.329 e. The lowest BCUT2D eigenvalue weighted by molar-refractivity contribution is -0.144. The van der Waals surface area contributed by atoms with Gasteiger partial charge < -0.3 is 9.64 Å². The first-order chi connectivity index (χ1) is 7.81. The molecule has 16 heavy (non-hydrogen) atoms. The van der Waals surface area contributed by atoms with Crippen molar-refractivity contribution in [2.24, 2.45) is 0 Å². The molecular weight excluding hydrogens is 202 g/mol. The van der Waals surface area contributed by atoms with E-state index in [1.807, 2.05) is 6.92 Å². The zero-order valence-electron chi connectivity index (χ0n) is 9.40. The molecule has 3 nitrogen and oxygen atoms in total. The minimum Gasteiger partial charge on any atom is -0.464 e. The monoisotopic (exact) mass is 217 g/mol. The van der Waals surface area contributed by atoms with Gasteiger partial charge in [0.05, 0.1) is 6.61 Å². The molecule has 1 aromatic rings. The van der Waals surface area contributed by atoms with Crippen molar-refractivity contribution in [2.45, 2.75) is 25.8 Å². The Balaban J connectivity index is 1.93. The van der Waals surface area contributed by atoms with E-state index in [9.17, 15) is 4.79 Å². The summed E-state index contributed by atoms with van der Waals surface area (Å²) in [6.07, 6.45) is 1.86. The van der Waals surface area contributed by atoms with Gasteiger partial charge in [0.25, 0.3) is 0 Å². The molecule has 2 heterocycles. The molecule has 0 aliphatic carbocycles. The second-order valence-electron chi connectivity index (χ2n) is 4.34. The largest absolute Gasteiger partial charge is 0.464 e. The first-order valence-electron chi connectivity index (χ1n) is 5.85. The van der Waals surface area contributed by atoms with Crippen LogP contribution in [0.1, 0.15) is 18.1 Å². The SMILES string of the molecule is CCOC(=O)C1Cc2cccc3c2N1CC3. The minimum absolute atomic E-state index is 0.0773. The molecule has 0 N–H and O–H groups in total. The Labute approximate surface area is 95.0 Å². The molecule has 0 fully saturated rings. The third kappa shape index (κ3) is 1.24. The standard InChI is InChI=1S/C13H15NO2/c1-2-16-13(15)11-8-10-5-3-4-9-6-7-14(11)12(9)10/h3-5,11H,2,6-8H2,1H3. The van der Waals surface area contributed by atoms with E-state index in [2.05, 4.69) is 23.1 Å². The molecule has 1 unspecified atom stereocenters. The molecule has 0 aromatic heterocycles. The summed E-state index contributed by atoms with van der Waals surface area (Å²) in [4.78, 5) is 14.1. The molecule has 0 amide bonds. The van der Waals surface area contributed by atoms with Gasteiger partial charge in [0.2, 0.25) is 0 Å². The van der Waals surface area contributed by atoms with Crippen LogP contribution >= 0.6 is 0 Å². The van der Waals surface area contributed by atoms with E-state index in [-0.39, 0.29) is 12.0 Å². The average molecular weight is 217 g/mol. The Hall–Kier alpha value is -1.51. The number of rotatable bonds is 2. The van der Waals surface area contributed by atoms with Crippen molar-refractivity contribution >= 4 is 11.7 Å². The first-order valence-corrected chi connectivity index (χ1v) is 5.85. The Bertz CT molecular complexity index is 442. The summed E-state index contributed by atoms with van der Waals surface area (Å²) in [6, 6.07) is 6.28. The van der Waals surface area contributed by atoms with Crippen LogP contribution in [0, 0.1) is 0 Å². The molecule has 0 saturated carbocycles. The summed E-state index contributed by atoms with van der Waals surface area (Å²) in [5.74, 6) is -0.0773. The van der Waals surface area contributed by atoms with E-state index >= 15 is 0 Å². The highest BCUT2D eigenvalue weighted by molar-refractivity contribution is 5.85. The Kier molecular flexibility index (Phi) is 2.13. The second-order valence-corrected chi connectivity index (χ2v) is 4.34. The molecule has 0 saturated heterocycles. The fourth-order valence-electron chi connectivity index (χ4n) is 2.81. The van der Waals surface area contributed by atoms with Gasteiger partial charge in [-0.1, -0.05) is 18.2 Å². The van der Waals surface area contributed by atoms with Crippen LogP contribution in [0.25, 0.3) is 0 Å². The summed E-state index contributed by atoms with van der Waals surface area (Å²) >= 11 is 0. The molecule has 2 aliphatic heterocycles. The van der Waals surface area contributed by atoms with E-state index in [0.29, 0.717) is 6.61 Å². The van der Waals surface area contributed by atoms with Gasteiger partial charge in [0.15, 0.2) is 0 Å².